The van der Waals surface area contributed by atoms with Gasteiger partial charge in [-0.3, -0.25) is 0 Å². The zero-order chi connectivity index (χ0) is 14.4. The van der Waals surface area contributed by atoms with Crippen molar-refractivity contribution in [2.75, 3.05) is 0 Å². The van der Waals surface area contributed by atoms with E-state index in [1.807, 2.05) is 24.3 Å². The van der Waals surface area contributed by atoms with Crippen LogP contribution in [0.25, 0.3) is 0 Å². The van der Waals surface area contributed by atoms with Crippen LogP contribution in [0.15, 0.2) is 47.2 Å². The van der Waals surface area contributed by atoms with Crippen LogP contribution in [0, 0.1) is 5.92 Å². The summed E-state index contributed by atoms with van der Waals surface area (Å²) < 4.78 is 12.0. The van der Waals surface area contributed by atoms with Crippen molar-refractivity contribution in [2.24, 2.45) is 5.92 Å². The highest BCUT2D eigenvalue weighted by Gasteiger charge is 2.39. The number of hydrogen-bond donors (Lipinski definition) is 1. The summed E-state index contributed by atoms with van der Waals surface area (Å²) in [6, 6.07) is 7.52. The van der Waals surface area contributed by atoms with Gasteiger partial charge in [-0.25, -0.2) is 4.79 Å². The van der Waals surface area contributed by atoms with Crippen molar-refractivity contribution < 1.29 is 19.4 Å². The first-order valence-corrected chi connectivity index (χ1v) is 7.35. The third kappa shape index (κ3) is 1.94. The molecule has 0 spiro atoms. The van der Waals surface area contributed by atoms with Crippen LogP contribution in [0.2, 0.25) is 0 Å². The quantitative estimate of drug-likeness (QED) is 0.859. The number of benzene rings is 1. The zero-order valence-corrected chi connectivity index (χ0v) is 11.5. The second-order valence-electron chi connectivity index (χ2n) is 5.70. The fourth-order valence-electron chi connectivity index (χ4n) is 3.51. The lowest BCUT2D eigenvalue weighted by Crippen LogP contribution is -2.35. The van der Waals surface area contributed by atoms with Gasteiger partial charge in [0.25, 0.3) is 0 Å². The summed E-state index contributed by atoms with van der Waals surface area (Å²) in [5.41, 5.74) is 1.57. The lowest BCUT2D eigenvalue weighted by Gasteiger charge is -2.37. The molecule has 1 aromatic rings. The fourth-order valence-corrected chi connectivity index (χ4v) is 3.51. The van der Waals surface area contributed by atoms with Gasteiger partial charge in [0.05, 0.1) is 0 Å². The Kier molecular flexibility index (Phi) is 2.77. The van der Waals surface area contributed by atoms with Crippen molar-refractivity contribution in [1.29, 1.82) is 0 Å². The van der Waals surface area contributed by atoms with Gasteiger partial charge in [-0.1, -0.05) is 18.6 Å². The number of rotatable bonds is 1. The number of allylic oxidation sites excluding steroid dienone is 1. The number of para-hydroxylation sites is 2. The number of aliphatic carboxylic acids is 1. The highest BCUT2D eigenvalue weighted by Crippen LogP contribution is 2.45. The molecule has 3 aliphatic rings. The van der Waals surface area contributed by atoms with Crippen molar-refractivity contribution >= 4 is 5.97 Å². The SMILES string of the molecule is O=C(O)C1=CC2Oc3ccccc3OC2=C2CCCCC12. The number of carboxylic acids is 1. The first-order chi connectivity index (χ1) is 10.2. The van der Waals surface area contributed by atoms with Gasteiger partial charge in [0.1, 0.15) is 5.76 Å². The maximum absolute atomic E-state index is 11.5. The molecule has 1 heterocycles. The molecule has 2 atom stereocenters. The van der Waals surface area contributed by atoms with Gasteiger partial charge in [-0.05, 0) is 43.0 Å². The minimum atomic E-state index is -0.846. The molecule has 1 aromatic carbocycles. The van der Waals surface area contributed by atoms with E-state index in [0.29, 0.717) is 17.1 Å². The van der Waals surface area contributed by atoms with E-state index in [9.17, 15) is 9.90 Å². The van der Waals surface area contributed by atoms with Crippen molar-refractivity contribution in [1.82, 2.24) is 0 Å². The lowest BCUT2D eigenvalue weighted by molar-refractivity contribution is -0.133. The minimum absolute atomic E-state index is 0.0173. The third-order valence-electron chi connectivity index (χ3n) is 4.46. The maximum Gasteiger partial charge on any atom is 0.332 e. The van der Waals surface area contributed by atoms with Crippen LogP contribution in [-0.2, 0) is 4.79 Å². The molecule has 0 saturated heterocycles. The van der Waals surface area contributed by atoms with Gasteiger partial charge >= 0.3 is 5.97 Å². The van der Waals surface area contributed by atoms with Gasteiger partial charge in [-0.15, -0.1) is 0 Å². The zero-order valence-electron chi connectivity index (χ0n) is 11.5. The third-order valence-corrected chi connectivity index (χ3v) is 4.46. The molecule has 0 radical (unpaired) electrons. The Morgan fingerprint density at radius 1 is 1.19 bits per heavy atom. The molecule has 1 N–H and O–H groups in total. The molecule has 0 amide bonds. The van der Waals surface area contributed by atoms with Crippen LogP contribution in [0.1, 0.15) is 25.7 Å². The molecule has 2 aliphatic carbocycles. The Labute approximate surface area is 122 Å². The number of carboxylic acid groups (broad SMARTS) is 1. The van der Waals surface area contributed by atoms with Crippen LogP contribution in [0.5, 0.6) is 11.5 Å². The molecule has 1 fully saturated rings. The molecule has 108 valence electrons. The summed E-state index contributed by atoms with van der Waals surface area (Å²) in [6.07, 6.45) is 5.23. The largest absolute Gasteiger partial charge is 0.478 e. The summed E-state index contributed by atoms with van der Waals surface area (Å²) in [5.74, 6) is 1.33. The van der Waals surface area contributed by atoms with E-state index in [1.54, 1.807) is 6.08 Å². The van der Waals surface area contributed by atoms with Crippen molar-refractivity contribution in [2.45, 2.75) is 31.8 Å². The Morgan fingerprint density at radius 2 is 2.00 bits per heavy atom. The van der Waals surface area contributed by atoms with Gasteiger partial charge < -0.3 is 14.6 Å². The Balaban J connectivity index is 1.82. The van der Waals surface area contributed by atoms with Gasteiger partial charge in [0, 0.05) is 11.5 Å². The molecule has 0 bridgehead atoms. The molecule has 0 aromatic heterocycles. The van der Waals surface area contributed by atoms with E-state index in [1.165, 1.54) is 0 Å². The Hall–Kier alpha value is -2.23. The average molecular weight is 284 g/mol. The average Bonchev–Trinajstić information content (AvgIpc) is 2.52. The molecular formula is C17H16O4. The number of carbonyl (C=O) groups is 1. The highest BCUT2D eigenvalue weighted by molar-refractivity contribution is 5.88. The molecule has 4 nitrogen and oxygen atoms in total. The second kappa shape index (κ2) is 4.65. The van der Waals surface area contributed by atoms with E-state index < -0.39 is 12.1 Å². The Morgan fingerprint density at radius 3 is 2.81 bits per heavy atom. The van der Waals surface area contributed by atoms with Crippen molar-refractivity contribution in [3.63, 3.8) is 0 Å². The molecule has 2 unspecified atom stereocenters. The lowest BCUT2D eigenvalue weighted by atomic mass is 9.75. The van der Waals surface area contributed by atoms with Gasteiger partial charge in [0.15, 0.2) is 17.6 Å². The summed E-state index contributed by atoms with van der Waals surface area (Å²) in [4.78, 5) is 11.5. The maximum atomic E-state index is 11.5. The number of ether oxygens (including phenoxy) is 2. The van der Waals surface area contributed by atoms with E-state index in [2.05, 4.69) is 0 Å². The molecule has 4 heteroatoms. The molecular weight excluding hydrogens is 268 g/mol. The standard InChI is InChI=1S/C17H16O4/c18-17(19)12-9-15-16(11-6-2-1-5-10(11)12)21-14-8-4-3-7-13(14)20-15/h3-4,7-10,15H,1-2,5-6H2,(H,18,19). The van der Waals surface area contributed by atoms with Crippen LogP contribution in [0.3, 0.4) is 0 Å². The minimum Gasteiger partial charge on any atom is -0.478 e. The first kappa shape index (κ1) is 12.5. The van der Waals surface area contributed by atoms with E-state index in [-0.39, 0.29) is 5.92 Å². The second-order valence-corrected chi connectivity index (χ2v) is 5.70. The van der Waals surface area contributed by atoms with Crippen LogP contribution >= 0.6 is 0 Å². The smallest absolute Gasteiger partial charge is 0.332 e. The van der Waals surface area contributed by atoms with Crippen LogP contribution in [-0.4, -0.2) is 17.2 Å². The normalized spacial score (nSPS) is 26.6. The van der Waals surface area contributed by atoms with Crippen LogP contribution < -0.4 is 9.47 Å². The molecule has 21 heavy (non-hydrogen) atoms. The highest BCUT2D eigenvalue weighted by atomic mass is 16.6. The topological polar surface area (TPSA) is 55.8 Å². The predicted molar refractivity (Wildman–Crippen MR) is 76.2 cm³/mol. The molecule has 4 rings (SSSR count). The number of hydrogen-bond acceptors (Lipinski definition) is 3. The van der Waals surface area contributed by atoms with Gasteiger partial charge in [-0.2, -0.15) is 0 Å². The fraction of sp³-hybridized carbons (Fsp3) is 0.353. The molecule has 1 aliphatic heterocycles. The van der Waals surface area contributed by atoms with E-state index in [4.69, 9.17) is 9.47 Å². The predicted octanol–water partition coefficient (Wildman–Crippen LogP) is 3.30. The van der Waals surface area contributed by atoms with Crippen molar-refractivity contribution in [3.8, 4) is 11.5 Å². The van der Waals surface area contributed by atoms with Gasteiger partial charge in [0.2, 0.25) is 0 Å². The first-order valence-electron chi connectivity index (χ1n) is 7.35. The number of fused-ring (bicyclic) bond motifs is 3. The van der Waals surface area contributed by atoms with E-state index in [0.717, 1.165) is 37.0 Å². The Bertz CT molecular complexity index is 671. The molecule has 1 saturated carbocycles. The van der Waals surface area contributed by atoms with Crippen LogP contribution in [0.4, 0.5) is 0 Å². The summed E-state index contributed by atoms with van der Waals surface area (Å²) in [5, 5.41) is 9.48. The monoisotopic (exact) mass is 284 g/mol. The van der Waals surface area contributed by atoms with Crippen molar-refractivity contribution in [3.05, 3.63) is 47.2 Å². The van der Waals surface area contributed by atoms with E-state index >= 15 is 0 Å². The summed E-state index contributed by atoms with van der Waals surface area (Å²) in [7, 11) is 0. The summed E-state index contributed by atoms with van der Waals surface area (Å²) >= 11 is 0. The summed E-state index contributed by atoms with van der Waals surface area (Å²) in [6.45, 7) is 0.